The molecular formula is C12H12. The minimum Gasteiger partial charge on any atom is -0.102 e. The predicted octanol–water partition coefficient (Wildman–Crippen LogP) is 2.86. The molecule has 1 rings (SSSR count). The highest BCUT2D eigenvalue weighted by molar-refractivity contribution is 5.34. The second kappa shape index (κ2) is 4.41. The van der Waals surface area contributed by atoms with E-state index < -0.39 is 0 Å². The molecule has 0 aromatic heterocycles. The number of allylic oxidation sites excluding steroid dienone is 1. The van der Waals surface area contributed by atoms with Gasteiger partial charge in [-0.3, -0.25) is 0 Å². The van der Waals surface area contributed by atoms with Crippen molar-refractivity contribution in [3.05, 3.63) is 48.6 Å². The normalized spacial score (nSPS) is 11.1. The molecule has 0 amide bonds. The Balaban J connectivity index is 2.73. The molecule has 0 fully saturated rings. The Morgan fingerprint density at radius 2 is 2.00 bits per heavy atom. The van der Waals surface area contributed by atoms with Crippen LogP contribution in [-0.2, 0) is 0 Å². The van der Waals surface area contributed by atoms with Gasteiger partial charge in [0.05, 0.1) is 0 Å². The molecule has 0 heterocycles. The van der Waals surface area contributed by atoms with Crippen molar-refractivity contribution in [3.8, 4) is 11.8 Å². The lowest BCUT2D eigenvalue weighted by Gasteiger charge is -1.90. The highest BCUT2D eigenvalue weighted by Gasteiger charge is 1.85. The first kappa shape index (κ1) is 8.62. The van der Waals surface area contributed by atoms with Crippen LogP contribution in [0.15, 0.2) is 43.0 Å². The van der Waals surface area contributed by atoms with Crippen molar-refractivity contribution in [1.82, 2.24) is 0 Å². The molecule has 1 atom stereocenters. The molecule has 0 spiro atoms. The van der Waals surface area contributed by atoms with Gasteiger partial charge >= 0.3 is 0 Å². The van der Waals surface area contributed by atoms with Crippen molar-refractivity contribution in [2.45, 2.75) is 6.92 Å². The fourth-order valence-electron chi connectivity index (χ4n) is 0.778. The summed E-state index contributed by atoms with van der Waals surface area (Å²) in [5.41, 5.74) is 1.06. The van der Waals surface area contributed by atoms with Gasteiger partial charge in [-0.25, -0.2) is 0 Å². The van der Waals surface area contributed by atoms with E-state index in [0.29, 0.717) is 0 Å². The van der Waals surface area contributed by atoms with Crippen molar-refractivity contribution < 1.29 is 0 Å². The van der Waals surface area contributed by atoms with E-state index in [4.69, 9.17) is 0 Å². The molecule has 0 radical (unpaired) electrons. The van der Waals surface area contributed by atoms with Gasteiger partial charge in [0.1, 0.15) is 0 Å². The van der Waals surface area contributed by atoms with Crippen molar-refractivity contribution >= 4 is 0 Å². The van der Waals surface area contributed by atoms with Crippen molar-refractivity contribution in [3.63, 3.8) is 0 Å². The van der Waals surface area contributed by atoms with E-state index in [0.717, 1.165) is 5.56 Å². The molecule has 0 N–H and O–H groups in total. The molecule has 1 aromatic rings. The van der Waals surface area contributed by atoms with Gasteiger partial charge in [0.15, 0.2) is 0 Å². The number of rotatable bonds is 1. The van der Waals surface area contributed by atoms with Crippen LogP contribution < -0.4 is 0 Å². The number of benzene rings is 1. The molecule has 0 aliphatic rings. The summed E-state index contributed by atoms with van der Waals surface area (Å²) in [5, 5.41) is 0. The highest BCUT2D eigenvalue weighted by Crippen LogP contribution is 1.97. The predicted molar refractivity (Wildman–Crippen MR) is 52.7 cm³/mol. The lowest BCUT2D eigenvalue weighted by molar-refractivity contribution is 0.985. The molecular weight excluding hydrogens is 144 g/mol. The minimum absolute atomic E-state index is 0.269. The van der Waals surface area contributed by atoms with Gasteiger partial charge in [0.2, 0.25) is 0 Å². The standard InChI is InChI=1S/C12H12/c1-3-11(2)9-10-12-7-5-4-6-8-12/h3-8,11H,1H2,2H3/t11-/m1/s1. The zero-order valence-electron chi connectivity index (χ0n) is 7.25. The topological polar surface area (TPSA) is 0 Å². The van der Waals surface area contributed by atoms with Crippen LogP contribution in [-0.4, -0.2) is 0 Å². The van der Waals surface area contributed by atoms with E-state index in [2.05, 4.69) is 18.4 Å². The molecule has 1 aromatic carbocycles. The SMILES string of the molecule is C=C[C@@H](C)C#Cc1ccccc1. The maximum atomic E-state index is 3.67. The Labute approximate surface area is 73.9 Å². The third-order valence-corrected chi connectivity index (χ3v) is 1.57. The first-order valence-electron chi connectivity index (χ1n) is 4.02. The van der Waals surface area contributed by atoms with Gasteiger partial charge in [-0.05, 0) is 19.1 Å². The van der Waals surface area contributed by atoms with Crippen molar-refractivity contribution in [1.29, 1.82) is 0 Å². The third-order valence-electron chi connectivity index (χ3n) is 1.57. The van der Waals surface area contributed by atoms with Gasteiger partial charge in [0.25, 0.3) is 0 Å². The maximum absolute atomic E-state index is 3.67. The van der Waals surface area contributed by atoms with Crippen LogP contribution in [0.25, 0.3) is 0 Å². The molecule has 0 aliphatic carbocycles. The monoisotopic (exact) mass is 156 g/mol. The van der Waals surface area contributed by atoms with Crippen LogP contribution in [0, 0.1) is 17.8 Å². The van der Waals surface area contributed by atoms with E-state index in [1.54, 1.807) is 0 Å². The van der Waals surface area contributed by atoms with Crippen molar-refractivity contribution in [2.75, 3.05) is 0 Å². The number of hydrogen-bond donors (Lipinski definition) is 0. The summed E-state index contributed by atoms with van der Waals surface area (Å²) in [5.74, 6) is 6.42. The van der Waals surface area contributed by atoms with Crippen molar-refractivity contribution in [2.24, 2.45) is 5.92 Å². The Bertz CT molecular complexity index is 298. The van der Waals surface area contributed by atoms with Crippen LogP contribution in [0.5, 0.6) is 0 Å². The summed E-state index contributed by atoms with van der Waals surface area (Å²) in [6.07, 6.45) is 1.84. The van der Waals surface area contributed by atoms with Crippen LogP contribution in [0.1, 0.15) is 12.5 Å². The van der Waals surface area contributed by atoms with Crippen LogP contribution in [0.2, 0.25) is 0 Å². The fourth-order valence-corrected chi connectivity index (χ4v) is 0.778. The third kappa shape index (κ3) is 2.64. The molecule has 0 bridgehead atoms. The van der Waals surface area contributed by atoms with E-state index in [1.807, 2.05) is 43.3 Å². The Morgan fingerprint density at radius 1 is 1.33 bits per heavy atom. The molecule has 60 valence electrons. The lowest BCUT2D eigenvalue weighted by Crippen LogP contribution is -1.81. The summed E-state index contributed by atoms with van der Waals surface area (Å²) in [6.45, 7) is 5.70. The van der Waals surface area contributed by atoms with Crippen LogP contribution in [0.4, 0.5) is 0 Å². The minimum atomic E-state index is 0.269. The Kier molecular flexibility index (Phi) is 3.17. The summed E-state index contributed by atoms with van der Waals surface area (Å²) in [6, 6.07) is 9.97. The summed E-state index contributed by atoms with van der Waals surface area (Å²) in [4.78, 5) is 0. The molecule has 0 saturated heterocycles. The summed E-state index contributed by atoms with van der Waals surface area (Å²) < 4.78 is 0. The van der Waals surface area contributed by atoms with Gasteiger partial charge < -0.3 is 0 Å². The molecule has 0 nitrogen and oxygen atoms in total. The van der Waals surface area contributed by atoms with Crippen LogP contribution >= 0.6 is 0 Å². The molecule has 0 saturated carbocycles. The first-order chi connectivity index (χ1) is 5.83. The van der Waals surface area contributed by atoms with E-state index in [1.165, 1.54) is 0 Å². The maximum Gasteiger partial charge on any atom is 0.0355 e. The molecule has 0 unspecified atom stereocenters. The van der Waals surface area contributed by atoms with E-state index >= 15 is 0 Å². The van der Waals surface area contributed by atoms with Crippen LogP contribution in [0.3, 0.4) is 0 Å². The van der Waals surface area contributed by atoms with E-state index in [-0.39, 0.29) is 5.92 Å². The quantitative estimate of drug-likeness (QED) is 0.433. The summed E-state index contributed by atoms with van der Waals surface area (Å²) in [7, 11) is 0. The zero-order chi connectivity index (χ0) is 8.81. The van der Waals surface area contributed by atoms with Gasteiger partial charge in [-0.1, -0.05) is 36.1 Å². The Hall–Kier alpha value is -1.48. The second-order valence-corrected chi connectivity index (χ2v) is 2.66. The average molecular weight is 156 g/mol. The highest BCUT2D eigenvalue weighted by atomic mass is 13.9. The van der Waals surface area contributed by atoms with Gasteiger partial charge in [-0.2, -0.15) is 0 Å². The van der Waals surface area contributed by atoms with Gasteiger partial charge in [0, 0.05) is 11.5 Å². The largest absolute Gasteiger partial charge is 0.102 e. The lowest BCUT2D eigenvalue weighted by atomic mass is 10.1. The van der Waals surface area contributed by atoms with E-state index in [9.17, 15) is 0 Å². The smallest absolute Gasteiger partial charge is 0.0355 e. The Morgan fingerprint density at radius 3 is 2.58 bits per heavy atom. The number of hydrogen-bond acceptors (Lipinski definition) is 0. The van der Waals surface area contributed by atoms with Gasteiger partial charge in [-0.15, -0.1) is 6.58 Å². The molecule has 0 heteroatoms. The zero-order valence-corrected chi connectivity index (χ0v) is 7.25. The molecule has 0 aliphatic heterocycles. The first-order valence-corrected chi connectivity index (χ1v) is 4.02. The average Bonchev–Trinajstić information content (AvgIpc) is 2.16. The summed E-state index contributed by atoms with van der Waals surface area (Å²) >= 11 is 0. The second-order valence-electron chi connectivity index (χ2n) is 2.66. The fraction of sp³-hybridized carbons (Fsp3) is 0.167. The molecule has 12 heavy (non-hydrogen) atoms.